The Bertz CT molecular complexity index is 1210. The summed E-state index contributed by atoms with van der Waals surface area (Å²) in [5, 5.41) is 1.72. The van der Waals surface area contributed by atoms with Gasteiger partial charge in [-0.25, -0.2) is 8.42 Å². The van der Waals surface area contributed by atoms with Crippen LogP contribution in [0.15, 0.2) is 44.9 Å². The molecule has 1 aliphatic rings. The number of aryl methyl sites for hydroxylation is 1. The number of carbonyl (C=O) groups is 1. The van der Waals surface area contributed by atoms with Gasteiger partial charge in [0.2, 0.25) is 0 Å². The highest BCUT2D eigenvalue weighted by Crippen LogP contribution is 2.29. The highest BCUT2D eigenvalue weighted by molar-refractivity contribution is 7.91. The summed E-state index contributed by atoms with van der Waals surface area (Å²) in [5.74, 6) is 0.278. The lowest BCUT2D eigenvalue weighted by Crippen LogP contribution is -2.47. The molecule has 7 nitrogen and oxygen atoms in total. The van der Waals surface area contributed by atoms with Crippen molar-refractivity contribution in [2.75, 3.05) is 13.7 Å². The van der Waals surface area contributed by atoms with Crippen LogP contribution in [0.1, 0.15) is 19.3 Å². The number of methoxy groups -OCH3 is 1. The molecule has 3 heterocycles. The zero-order chi connectivity index (χ0) is 20.6. The van der Waals surface area contributed by atoms with Crippen molar-refractivity contribution in [3.05, 3.63) is 40.5 Å². The highest BCUT2D eigenvalue weighted by Gasteiger charge is 2.38. The number of benzene rings is 1. The predicted octanol–water partition coefficient (Wildman–Crippen LogP) is 2.98. The molecule has 0 spiro atoms. The first-order valence-electron chi connectivity index (χ1n) is 9.20. The molecule has 1 fully saturated rings. The summed E-state index contributed by atoms with van der Waals surface area (Å²) < 4.78 is 35.8. The number of rotatable bonds is 4. The number of nitrogens with zero attached hydrogens (tertiary/aromatic N) is 3. The van der Waals surface area contributed by atoms with E-state index in [9.17, 15) is 13.2 Å². The Morgan fingerprint density at radius 3 is 2.79 bits per heavy atom. The van der Waals surface area contributed by atoms with Crippen LogP contribution in [0.3, 0.4) is 0 Å². The number of thiophene rings is 1. The number of fused-ring (bicyclic) bond motifs is 1. The van der Waals surface area contributed by atoms with Gasteiger partial charge in [0.25, 0.3) is 15.9 Å². The molecule has 29 heavy (non-hydrogen) atoms. The van der Waals surface area contributed by atoms with Gasteiger partial charge >= 0.3 is 0 Å². The number of amides is 1. The van der Waals surface area contributed by atoms with E-state index in [2.05, 4.69) is 4.99 Å². The first kappa shape index (κ1) is 20.3. The molecular formula is C19H21N3O4S3. The van der Waals surface area contributed by atoms with Crippen LogP contribution in [-0.2, 0) is 21.9 Å². The van der Waals surface area contributed by atoms with Gasteiger partial charge in [0.1, 0.15) is 21.5 Å². The minimum Gasteiger partial charge on any atom is -0.495 e. The normalized spacial score (nSPS) is 19.0. The fourth-order valence-corrected chi connectivity index (χ4v) is 7.39. The molecule has 0 aliphatic carbocycles. The molecule has 154 valence electrons. The maximum absolute atomic E-state index is 13.1. The lowest BCUT2D eigenvalue weighted by atomic mass is 10.0. The summed E-state index contributed by atoms with van der Waals surface area (Å²) >= 11 is 2.55. The number of carbonyl (C=O) groups excluding carboxylic acids is 1. The van der Waals surface area contributed by atoms with Crippen LogP contribution in [-0.4, -0.2) is 42.9 Å². The summed E-state index contributed by atoms with van der Waals surface area (Å²) in [6.45, 7) is 0.332. The molecule has 0 radical (unpaired) electrons. The van der Waals surface area contributed by atoms with Gasteiger partial charge in [0.15, 0.2) is 4.80 Å². The fourth-order valence-electron chi connectivity index (χ4n) is 3.57. The van der Waals surface area contributed by atoms with E-state index < -0.39 is 22.0 Å². The van der Waals surface area contributed by atoms with Crippen molar-refractivity contribution in [3.63, 3.8) is 0 Å². The molecule has 2 aromatic heterocycles. The third-order valence-electron chi connectivity index (χ3n) is 5.01. The number of aromatic nitrogens is 1. The van der Waals surface area contributed by atoms with E-state index in [1.165, 1.54) is 15.6 Å². The van der Waals surface area contributed by atoms with Crippen molar-refractivity contribution in [2.24, 2.45) is 12.0 Å². The second-order valence-corrected chi connectivity index (χ2v) is 10.8. The van der Waals surface area contributed by atoms with E-state index in [1.54, 1.807) is 24.6 Å². The summed E-state index contributed by atoms with van der Waals surface area (Å²) in [6, 6.07) is 8.19. The summed E-state index contributed by atoms with van der Waals surface area (Å²) in [6.07, 6.45) is 2.02. The third-order valence-corrected chi connectivity index (χ3v) is 9.39. The van der Waals surface area contributed by atoms with Gasteiger partial charge in [-0.05, 0) is 36.4 Å². The SMILES string of the molecule is COc1cccc2sc(=NC(=O)[C@H]3CCCCN3S(=O)(=O)c3cccs3)n(C)c12. The van der Waals surface area contributed by atoms with E-state index in [0.717, 1.165) is 34.4 Å². The molecule has 0 unspecified atom stereocenters. The molecule has 3 aromatic rings. The second kappa shape index (κ2) is 8.02. The number of thiazole rings is 1. The quantitative estimate of drug-likeness (QED) is 0.611. The molecule has 0 N–H and O–H groups in total. The first-order valence-corrected chi connectivity index (χ1v) is 12.3. The average molecular weight is 452 g/mol. The molecule has 1 aliphatic heterocycles. The van der Waals surface area contributed by atoms with Gasteiger partial charge < -0.3 is 9.30 Å². The van der Waals surface area contributed by atoms with Gasteiger partial charge in [0, 0.05) is 13.6 Å². The lowest BCUT2D eigenvalue weighted by molar-refractivity contribution is -0.122. The predicted molar refractivity (Wildman–Crippen MR) is 114 cm³/mol. The van der Waals surface area contributed by atoms with Crippen LogP contribution in [0.2, 0.25) is 0 Å². The number of sulfonamides is 1. The van der Waals surface area contributed by atoms with Gasteiger partial charge in [-0.2, -0.15) is 9.30 Å². The van der Waals surface area contributed by atoms with Crippen LogP contribution in [0.4, 0.5) is 0 Å². The van der Waals surface area contributed by atoms with E-state index in [1.807, 2.05) is 29.8 Å². The molecule has 1 saturated heterocycles. The maximum atomic E-state index is 13.1. The van der Waals surface area contributed by atoms with Gasteiger partial charge in [-0.1, -0.05) is 29.9 Å². The van der Waals surface area contributed by atoms with Crippen LogP contribution in [0, 0.1) is 0 Å². The molecule has 1 aromatic carbocycles. The minimum atomic E-state index is -3.70. The molecule has 10 heteroatoms. The van der Waals surface area contributed by atoms with Crippen molar-refractivity contribution in [3.8, 4) is 5.75 Å². The van der Waals surface area contributed by atoms with E-state index in [-0.39, 0.29) is 4.21 Å². The number of hydrogen-bond donors (Lipinski definition) is 0. The van der Waals surface area contributed by atoms with E-state index in [0.29, 0.717) is 23.5 Å². The van der Waals surface area contributed by atoms with Gasteiger partial charge in [-0.3, -0.25) is 4.79 Å². The molecule has 0 bridgehead atoms. The Kier molecular flexibility index (Phi) is 5.60. The zero-order valence-electron chi connectivity index (χ0n) is 16.1. The molecule has 4 rings (SSSR count). The van der Waals surface area contributed by atoms with Crippen molar-refractivity contribution in [1.82, 2.24) is 8.87 Å². The van der Waals surface area contributed by atoms with Crippen LogP contribution in [0.25, 0.3) is 10.2 Å². The summed E-state index contributed by atoms with van der Waals surface area (Å²) in [5.41, 5.74) is 0.859. The third kappa shape index (κ3) is 3.65. The fraction of sp³-hybridized carbons (Fsp3) is 0.368. The van der Waals surface area contributed by atoms with Crippen molar-refractivity contribution < 1.29 is 17.9 Å². The summed E-state index contributed by atoms with van der Waals surface area (Å²) in [4.78, 5) is 17.9. The van der Waals surface area contributed by atoms with Gasteiger partial charge in [0.05, 0.1) is 11.8 Å². The number of hydrogen-bond acceptors (Lipinski definition) is 6. The molecule has 1 atom stereocenters. The monoisotopic (exact) mass is 451 g/mol. The standard InChI is InChI=1S/C19H21N3O4S3/c1-21-17-14(26-2)8-5-9-15(17)28-19(21)20-18(23)13-7-3-4-11-22(13)29(24,25)16-10-6-12-27-16/h5-6,8-10,12-13H,3-4,7,11H2,1-2H3/t13-/m1/s1. The van der Waals surface area contributed by atoms with E-state index in [4.69, 9.17) is 4.74 Å². The Hall–Kier alpha value is -2.01. The Labute approximate surface area is 176 Å². The average Bonchev–Trinajstić information content (AvgIpc) is 3.37. The topological polar surface area (TPSA) is 81.0 Å². The highest BCUT2D eigenvalue weighted by atomic mass is 32.2. The lowest BCUT2D eigenvalue weighted by Gasteiger charge is -2.31. The maximum Gasteiger partial charge on any atom is 0.266 e. The van der Waals surface area contributed by atoms with Crippen molar-refractivity contribution in [2.45, 2.75) is 29.5 Å². The number of piperidine rings is 1. The molecular weight excluding hydrogens is 430 g/mol. The smallest absolute Gasteiger partial charge is 0.266 e. The number of ether oxygens (including phenoxy) is 1. The van der Waals surface area contributed by atoms with Crippen molar-refractivity contribution >= 4 is 48.8 Å². The molecule has 0 saturated carbocycles. The Balaban J connectivity index is 1.73. The van der Waals surface area contributed by atoms with Crippen LogP contribution in [0.5, 0.6) is 5.75 Å². The van der Waals surface area contributed by atoms with E-state index >= 15 is 0 Å². The van der Waals surface area contributed by atoms with Crippen molar-refractivity contribution in [1.29, 1.82) is 0 Å². The first-order chi connectivity index (χ1) is 13.9. The minimum absolute atomic E-state index is 0.259. The number of para-hydroxylation sites is 1. The van der Waals surface area contributed by atoms with Crippen LogP contribution >= 0.6 is 22.7 Å². The second-order valence-electron chi connectivity index (χ2n) is 6.76. The van der Waals surface area contributed by atoms with Crippen LogP contribution < -0.4 is 9.54 Å². The zero-order valence-corrected chi connectivity index (χ0v) is 18.5. The van der Waals surface area contributed by atoms with Gasteiger partial charge in [-0.15, -0.1) is 11.3 Å². The summed E-state index contributed by atoms with van der Waals surface area (Å²) in [7, 11) is -0.274. The Morgan fingerprint density at radius 2 is 2.07 bits per heavy atom. The Morgan fingerprint density at radius 1 is 1.24 bits per heavy atom. The molecule has 1 amide bonds. The largest absolute Gasteiger partial charge is 0.495 e.